The van der Waals surface area contributed by atoms with Gasteiger partial charge in [0, 0.05) is 12.8 Å². The second kappa shape index (κ2) is 43.0. The van der Waals surface area contributed by atoms with Crippen LogP contribution < -0.4 is 0 Å². The maximum atomic E-state index is 12.2. The van der Waals surface area contributed by atoms with Crippen LogP contribution in [0, 0.1) is 0 Å². The van der Waals surface area contributed by atoms with Gasteiger partial charge in [0.25, 0.3) is 0 Å². The molecule has 0 saturated carbocycles. The Kier molecular flexibility index (Phi) is 41.0. The average molecular weight is 727 g/mol. The topological polar surface area (TPSA) is 72.8 Å². The lowest BCUT2D eigenvalue weighted by Crippen LogP contribution is -2.28. The summed E-state index contributed by atoms with van der Waals surface area (Å²) in [5.41, 5.74) is 0. The van der Waals surface area contributed by atoms with Gasteiger partial charge in [-0.25, -0.2) is 0 Å². The quantitative estimate of drug-likeness (QED) is 0.0388. The van der Waals surface area contributed by atoms with Gasteiger partial charge in [0.2, 0.25) is 0 Å². The fraction of sp³-hybridized carbons (Fsp3) is 0.745. The molecule has 0 aromatic rings. The maximum absolute atomic E-state index is 12.2. The Morgan fingerprint density at radius 2 is 0.827 bits per heavy atom. The summed E-state index contributed by atoms with van der Waals surface area (Å²) in [5.74, 6) is -0.600. The van der Waals surface area contributed by atoms with Gasteiger partial charge in [0.05, 0.1) is 6.61 Å². The van der Waals surface area contributed by atoms with E-state index in [1.54, 1.807) is 0 Å². The van der Waals surface area contributed by atoms with Crippen LogP contribution in [-0.2, 0) is 19.1 Å². The standard InChI is InChI=1S/C47H82O5/c1-3-5-7-9-11-13-15-17-19-20-21-22-23-24-25-26-28-30-32-34-36-38-40-42-47(50)52-45(43-48)44-51-46(49)41-39-37-35-33-31-29-27-18-16-14-12-10-8-6-4-2/h5,7,11,13,17,19,21-22,24-25,45,48H,3-4,6,8-10,12,14-16,18,20,23,26-44H2,1-2H3/b7-5-,13-11-,19-17-,22-21-,25-24-. The average Bonchev–Trinajstić information content (AvgIpc) is 3.15. The monoisotopic (exact) mass is 727 g/mol. The molecule has 1 N–H and O–H groups in total. The van der Waals surface area contributed by atoms with Crippen molar-refractivity contribution in [1.82, 2.24) is 0 Å². The summed E-state index contributed by atoms with van der Waals surface area (Å²) < 4.78 is 10.6. The van der Waals surface area contributed by atoms with Crippen LogP contribution in [0.15, 0.2) is 60.8 Å². The minimum Gasteiger partial charge on any atom is -0.462 e. The smallest absolute Gasteiger partial charge is 0.306 e. The number of rotatable bonds is 39. The van der Waals surface area contributed by atoms with Crippen molar-refractivity contribution >= 4 is 11.9 Å². The molecule has 0 fully saturated rings. The molecular weight excluding hydrogens is 645 g/mol. The van der Waals surface area contributed by atoms with E-state index in [1.807, 2.05) is 0 Å². The van der Waals surface area contributed by atoms with Crippen LogP contribution in [-0.4, -0.2) is 36.4 Å². The number of aliphatic hydroxyl groups excluding tert-OH is 1. The third kappa shape index (κ3) is 40.4. The van der Waals surface area contributed by atoms with E-state index >= 15 is 0 Å². The second-order valence-electron chi connectivity index (χ2n) is 14.4. The molecule has 0 rings (SSSR count). The molecular formula is C47H82O5. The van der Waals surface area contributed by atoms with Gasteiger partial charge in [0.1, 0.15) is 6.61 Å². The first-order chi connectivity index (χ1) is 25.6. The van der Waals surface area contributed by atoms with Crippen molar-refractivity contribution in [2.24, 2.45) is 0 Å². The Morgan fingerprint density at radius 1 is 0.462 bits per heavy atom. The first-order valence-electron chi connectivity index (χ1n) is 21.8. The van der Waals surface area contributed by atoms with Gasteiger partial charge in [-0.15, -0.1) is 0 Å². The van der Waals surface area contributed by atoms with Crippen LogP contribution in [0.5, 0.6) is 0 Å². The molecule has 0 saturated heterocycles. The van der Waals surface area contributed by atoms with Crippen molar-refractivity contribution < 1.29 is 24.2 Å². The number of hydrogen-bond donors (Lipinski definition) is 1. The molecule has 1 unspecified atom stereocenters. The van der Waals surface area contributed by atoms with Crippen molar-refractivity contribution in [3.05, 3.63) is 60.8 Å². The molecule has 0 aromatic heterocycles. The summed E-state index contributed by atoms with van der Waals surface area (Å²) in [5, 5.41) is 9.58. The van der Waals surface area contributed by atoms with Gasteiger partial charge in [-0.1, -0.05) is 197 Å². The van der Waals surface area contributed by atoms with Crippen molar-refractivity contribution in [1.29, 1.82) is 0 Å². The summed E-state index contributed by atoms with van der Waals surface area (Å²) in [7, 11) is 0. The Labute approximate surface area is 321 Å². The zero-order valence-electron chi connectivity index (χ0n) is 34.1. The highest BCUT2D eigenvalue weighted by Gasteiger charge is 2.16. The lowest BCUT2D eigenvalue weighted by atomic mass is 10.0. The largest absolute Gasteiger partial charge is 0.462 e. The van der Waals surface area contributed by atoms with Crippen LogP contribution in [0.25, 0.3) is 0 Å². The van der Waals surface area contributed by atoms with Crippen molar-refractivity contribution in [2.45, 2.75) is 213 Å². The molecule has 1 atom stereocenters. The summed E-state index contributed by atoms with van der Waals surface area (Å²) >= 11 is 0. The molecule has 0 amide bonds. The number of allylic oxidation sites excluding steroid dienone is 10. The number of carbonyl (C=O) groups is 2. The predicted molar refractivity (Wildman–Crippen MR) is 223 cm³/mol. The Balaban J connectivity index is 3.57. The van der Waals surface area contributed by atoms with Gasteiger partial charge in [-0.2, -0.15) is 0 Å². The Bertz CT molecular complexity index is 915. The van der Waals surface area contributed by atoms with E-state index in [9.17, 15) is 14.7 Å². The van der Waals surface area contributed by atoms with Gasteiger partial charge in [0.15, 0.2) is 6.10 Å². The highest BCUT2D eigenvalue weighted by atomic mass is 16.6. The molecule has 0 aliphatic carbocycles. The number of carbonyl (C=O) groups excluding carboxylic acids is 2. The van der Waals surface area contributed by atoms with E-state index in [0.717, 1.165) is 77.0 Å². The zero-order valence-corrected chi connectivity index (χ0v) is 34.1. The van der Waals surface area contributed by atoms with Crippen molar-refractivity contribution in [3.63, 3.8) is 0 Å². The predicted octanol–water partition coefficient (Wildman–Crippen LogP) is 14.0. The van der Waals surface area contributed by atoms with Crippen LogP contribution >= 0.6 is 0 Å². The molecule has 0 radical (unpaired) electrons. The lowest BCUT2D eigenvalue weighted by molar-refractivity contribution is -0.161. The SMILES string of the molecule is CC/C=C\C/C=C\C/C=C\C/C=C\C/C=C\CCCCCCCCCC(=O)OC(CO)COC(=O)CCCCCCCCCCCCCCCCC. The minimum absolute atomic E-state index is 0.0700. The third-order valence-corrected chi connectivity index (χ3v) is 9.33. The van der Waals surface area contributed by atoms with E-state index in [0.29, 0.717) is 12.8 Å². The summed E-state index contributed by atoms with van der Waals surface area (Å²) in [6, 6.07) is 0. The van der Waals surface area contributed by atoms with Gasteiger partial charge >= 0.3 is 11.9 Å². The highest BCUT2D eigenvalue weighted by Crippen LogP contribution is 2.15. The molecule has 0 bridgehead atoms. The van der Waals surface area contributed by atoms with E-state index < -0.39 is 6.10 Å². The fourth-order valence-corrected chi connectivity index (χ4v) is 6.05. The number of hydrogen-bond acceptors (Lipinski definition) is 5. The Hall–Kier alpha value is -2.40. The first kappa shape index (κ1) is 49.6. The molecule has 0 heterocycles. The molecule has 300 valence electrons. The van der Waals surface area contributed by atoms with Crippen LogP contribution in [0.3, 0.4) is 0 Å². The normalized spacial score (nSPS) is 12.8. The summed E-state index contributed by atoms with van der Waals surface area (Å²) in [4.78, 5) is 24.3. The molecule has 0 aliphatic rings. The van der Waals surface area contributed by atoms with E-state index in [4.69, 9.17) is 9.47 Å². The molecule has 5 heteroatoms. The molecule has 52 heavy (non-hydrogen) atoms. The minimum atomic E-state index is -0.777. The lowest BCUT2D eigenvalue weighted by Gasteiger charge is -2.15. The zero-order chi connectivity index (χ0) is 37.8. The van der Waals surface area contributed by atoms with Crippen LogP contribution in [0.2, 0.25) is 0 Å². The fourth-order valence-electron chi connectivity index (χ4n) is 6.05. The van der Waals surface area contributed by atoms with Gasteiger partial charge in [-0.3, -0.25) is 9.59 Å². The van der Waals surface area contributed by atoms with Gasteiger partial charge < -0.3 is 14.6 Å². The highest BCUT2D eigenvalue weighted by molar-refractivity contribution is 5.70. The van der Waals surface area contributed by atoms with E-state index in [-0.39, 0.29) is 25.2 Å². The van der Waals surface area contributed by atoms with Crippen molar-refractivity contribution in [2.75, 3.05) is 13.2 Å². The molecule has 5 nitrogen and oxygen atoms in total. The second-order valence-corrected chi connectivity index (χ2v) is 14.4. The number of ether oxygens (including phenoxy) is 2. The van der Waals surface area contributed by atoms with Crippen molar-refractivity contribution in [3.8, 4) is 0 Å². The third-order valence-electron chi connectivity index (χ3n) is 9.33. The van der Waals surface area contributed by atoms with Gasteiger partial charge in [-0.05, 0) is 57.8 Å². The van der Waals surface area contributed by atoms with Crippen LogP contribution in [0.4, 0.5) is 0 Å². The Morgan fingerprint density at radius 3 is 1.25 bits per heavy atom. The van der Waals surface area contributed by atoms with E-state index in [1.165, 1.54) is 103 Å². The summed E-state index contributed by atoms with van der Waals surface area (Å²) in [6.07, 6.45) is 55.7. The number of unbranched alkanes of at least 4 members (excludes halogenated alkanes) is 21. The molecule has 0 aliphatic heterocycles. The maximum Gasteiger partial charge on any atom is 0.306 e. The van der Waals surface area contributed by atoms with Crippen LogP contribution in [0.1, 0.15) is 206 Å². The van der Waals surface area contributed by atoms with E-state index in [2.05, 4.69) is 74.6 Å². The molecule has 0 aromatic carbocycles. The summed E-state index contributed by atoms with van der Waals surface area (Å²) in [6.45, 7) is 4.02. The first-order valence-corrected chi connectivity index (χ1v) is 21.8. The number of aliphatic hydroxyl groups is 1. The molecule has 0 spiro atoms. The number of esters is 2.